The molecule has 6 heteroatoms. The second-order valence-electron chi connectivity index (χ2n) is 4.47. The zero-order chi connectivity index (χ0) is 15.1. The third-order valence-corrected chi connectivity index (χ3v) is 3.22. The van der Waals surface area contributed by atoms with Crippen LogP contribution in [-0.2, 0) is 9.47 Å². The topological polar surface area (TPSA) is 78.1 Å². The first-order valence-corrected chi connectivity index (χ1v) is 6.59. The van der Waals surface area contributed by atoms with E-state index in [1.54, 1.807) is 6.08 Å². The molecule has 0 aliphatic carbocycles. The number of nitriles is 1. The van der Waals surface area contributed by atoms with Crippen LogP contribution < -0.4 is 4.90 Å². The fourth-order valence-electron chi connectivity index (χ4n) is 2.12. The summed E-state index contributed by atoms with van der Waals surface area (Å²) in [6.07, 6.45) is 1.61. The van der Waals surface area contributed by atoms with Crippen molar-refractivity contribution < 1.29 is 14.7 Å². The van der Waals surface area contributed by atoms with E-state index in [0.717, 1.165) is 37.6 Å². The van der Waals surface area contributed by atoms with Crippen LogP contribution >= 0.6 is 0 Å². The van der Waals surface area contributed by atoms with Gasteiger partial charge in [0.1, 0.15) is 11.6 Å². The number of morpholine rings is 1. The van der Waals surface area contributed by atoms with Crippen molar-refractivity contribution in [3.8, 4) is 6.07 Å². The van der Waals surface area contributed by atoms with Gasteiger partial charge in [0.05, 0.1) is 20.3 Å². The average Bonchev–Trinajstić information content (AvgIpc) is 2.56. The number of oxime groups is 1. The molecule has 110 valence electrons. The van der Waals surface area contributed by atoms with Gasteiger partial charge in [-0.3, -0.25) is 0 Å². The largest absolute Gasteiger partial charge is 0.478 e. The Balaban J connectivity index is 2.16. The highest BCUT2D eigenvalue weighted by atomic mass is 16.5. The number of benzene rings is 1. The maximum Gasteiger partial charge on any atom is 0.267 e. The van der Waals surface area contributed by atoms with Crippen molar-refractivity contribution in [1.82, 2.24) is 0 Å². The zero-order valence-electron chi connectivity index (χ0n) is 11.8. The second kappa shape index (κ2) is 7.31. The molecule has 0 saturated carbocycles. The van der Waals surface area contributed by atoms with Crippen LogP contribution in [-0.4, -0.2) is 44.5 Å². The molecule has 0 spiro atoms. The molecule has 1 aromatic carbocycles. The lowest BCUT2D eigenvalue weighted by molar-refractivity contribution is 0.122. The van der Waals surface area contributed by atoms with E-state index >= 15 is 0 Å². The summed E-state index contributed by atoms with van der Waals surface area (Å²) >= 11 is 0. The minimum absolute atomic E-state index is 0.102. The van der Waals surface area contributed by atoms with Crippen molar-refractivity contribution in [2.75, 3.05) is 38.3 Å². The summed E-state index contributed by atoms with van der Waals surface area (Å²) in [5.74, 6) is -0.102. The molecular weight excluding hydrogens is 270 g/mol. The highest BCUT2D eigenvalue weighted by molar-refractivity contribution is 6.01. The van der Waals surface area contributed by atoms with Crippen LogP contribution in [0.4, 0.5) is 5.69 Å². The lowest BCUT2D eigenvalue weighted by Gasteiger charge is -2.28. The van der Waals surface area contributed by atoms with E-state index in [0.29, 0.717) is 0 Å². The van der Waals surface area contributed by atoms with Crippen LogP contribution in [0.1, 0.15) is 5.56 Å². The molecule has 2 rings (SSSR count). The van der Waals surface area contributed by atoms with Gasteiger partial charge in [-0.25, -0.2) is 0 Å². The van der Waals surface area contributed by atoms with Gasteiger partial charge in [-0.2, -0.15) is 5.26 Å². The van der Waals surface area contributed by atoms with Crippen LogP contribution in [0.15, 0.2) is 35.0 Å². The summed E-state index contributed by atoms with van der Waals surface area (Å²) in [6.45, 7) is 3.24. The van der Waals surface area contributed by atoms with E-state index in [1.165, 1.54) is 7.11 Å². The maximum absolute atomic E-state index is 9.07. The molecule has 0 amide bonds. The average molecular weight is 287 g/mol. The summed E-state index contributed by atoms with van der Waals surface area (Å²) in [5, 5.41) is 20.8. The second-order valence-corrected chi connectivity index (χ2v) is 4.47. The Hall–Kier alpha value is -2.52. The lowest BCUT2D eigenvalue weighted by atomic mass is 10.1. The lowest BCUT2D eigenvalue weighted by Crippen LogP contribution is -2.36. The quantitative estimate of drug-likeness (QED) is 0.302. The van der Waals surface area contributed by atoms with Gasteiger partial charge in [-0.1, -0.05) is 12.1 Å². The van der Waals surface area contributed by atoms with E-state index in [4.69, 9.17) is 19.9 Å². The summed E-state index contributed by atoms with van der Waals surface area (Å²) in [6, 6.07) is 9.76. The standard InChI is InChI=1S/C15H17N3O3/c1-20-15(17-19)13(11-16)10-12-2-4-14(5-3-12)18-6-8-21-9-7-18/h2-5,10,19H,6-9H2,1H3/b13-10-,17-15-. The highest BCUT2D eigenvalue weighted by Gasteiger charge is 2.11. The number of anilines is 1. The predicted octanol–water partition coefficient (Wildman–Crippen LogP) is 1.86. The van der Waals surface area contributed by atoms with E-state index < -0.39 is 0 Å². The fraction of sp³-hybridized carbons (Fsp3) is 0.333. The summed E-state index contributed by atoms with van der Waals surface area (Å²) in [4.78, 5) is 2.25. The zero-order valence-corrected chi connectivity index (χ0v) is 11.8. The van der Waals surface area contributed by atoms with E-state index in [9.17, 15) is 0 Å². The number of rotatable bonds is 3. The van der Waals surface area contributed by atoms with Crippen molar-refractivity contribution in [3.63, 3.8) is 0 Å². The summed E-state index contributed by atoms with van der Waals surface area (Å²) in [5.41, 5.74) is 2.12. The van der Waals surface area contributed by atoms with Crippen molar-refractivity contribution in [3.05, 3.63) is 35.4 Å². The monoisotopic (exact) mass is 287 g/mol. The first-order valence-electron chi connectivity index (χ1n) is 6.59. The van der Waals surface area contributed by atoms with Gasteiger partial charge in [-0.15, -0.1) is 0 Å². The van der Waals surface area contributed by atoms with Gasteiger partial charge in [0.25, 0.3) is 5.90 Å². The molecule has 1 aromatic rings. The smallest absolute Gasteiger partial charge is 0.267 e. The SMILES string of the molecule is COC(=N\O)/C(C#N)=C\c1ccc(N2CCOCC2)cc1. The minimum atomic E-state index is -0.102. The van der Waals surface area contributed by atoms with Gasteiger partial charge >= 0.3 is 0 Å². The first-order chi connectivity index (χ1) is 10.3. The predicted molar refractivity (Wildman–Crippen MR) is 79.3 cm³/mol. The first kappa shape index (κ1) is 14.9. The normalized spacial score (nSPS) is 16.5. The molecule has 0 radical (unpaired) electrons. The molecule has 1 N–H and O–H groups in total. The molecule has 1 aliphatic heterocycles. The molecule has 0 aromatic heterocycles. The molecule has 6 nitrogen and oxygen atoms in total. The molecule has 1 aliphatic rings. The van der Waals surface area contributed by atoms with Crippen molar-refractivity contribution in [2.24, 2.45) is 5.16 Å². The molecule has 21 heavy (non-hydrogen) atoms. The maximum atomic E-state index is 9.07. The highest BCUT2D eigenvalue weighted by Crippen LogP contribution is 2.18. The van der Waals surface area contributed by atoms with Crippen LogP contribution in [0.3, 0.4) is 0 Å². The van der Waals surface area contributed by atoms with Crippen molar-refractivity contribution in [2.45, 2.75) is 0 Å². The Morgan fingerprint density at radius 1 is 1.38 bits per heavy atom. The Bertz CT molecular complexity index is 567. The molecule has 1 heterocycles. The summed E-state index contributed by atoms with van der Waals surface area (Å²) < 4.78 is 10.2. The Labute approximate surface area is 123 Å². The number of ether oxygens (including phenoxy) is 2. The molecule has 0 unspecified atom stereocenters. The molecule has 1 fully saturated rings. The van der Waals surface area contributed by atoms with Crippen LogP contribution in [0.5, 0.6) is 0 Å². The molecule has 0 bridgehead atoms. The van der Waals surface area contributed by atoms with E-state index in [-0.39, 0.29) is 11.5 Å². The molecular formula is C15H17N3O3. The molecule has 1 saturated heterocycles. The van der Waals surface area contributed by atoms with Gasteiger partial charge in [-0.05, 0) is 28.9 Å². The van der Waals surface area contributed by atoms with Crippen LogP contribution in [0, 0.1) is 11.3 Å². The van der Waals surface area contributed by atoms with Crippen molar-refractivity contribution in [1.29, 1.82) is 5.26 Å². The fourth-order valence-corrected chi connectivity index (χ4v) is 2.12. The van der Waals surface area contributed by atoms with Crippen molar-refractivity contribution >= 4 is 17.7 Å². The minimum Gasteiger partial charge on any atom is -0.478 e. The van der Waals surface area contributed by atoms with Gasteiger partial charge in [0.2, 0.25) is 0 Å². The molecule has 0 atom stereocenters. The third-order valence-electron chi connectivity index (χ3n) is 3.22. The van der Waals surface area contributed by atoms with E-state index in [1.807, 2.05) is 30.3 Å². The van der Waals surface area contributed by atoms with Gasteiger partial charge in [0.15, 0.2) is 0 Å². The van der Waals surface area contributed by atoms with Gasteiger partial charge in [0, 0.05) is 18.8 Å². The van der Waals surface area contributed by atoms with E-state index in [2.05, 4.69) is 10.1 Å². The van der Waals surface area contributed by atoms with Crippen LogP contribution in [0.2, 0.25) is 0 Å². The number of hydrogen-bond acceptors (Lipinski definition) is 6. The van der Waals surface area contributed by atoms with Gasteiger partial charge < -0.3 is 19.6 Å². The summed E-state index contributed by atoms with van der Waals surface area (Å²) in [7, 11) is 1.35. The Kier molecular flexibility index (Phi) is 5.18. The van der Waals surface area contributed by atoms with Crippen LogP contribution in [0.25, 0.3) is 6.08 Å². The number of nitrogens with zero attached hydrogens (tertiary/aromatic N) is 3. The number of methoxy groups -OCH3 is 1. The Morgan fingerprint density at radius 3 is 2.57 bits per heavy atom. The third kappa shape index (κ3) is 3.74. The number of hydrogen-bond donors (Lipinski definition) is 1. The Morgan fingerprint density at radius 2 is 2.05 bits per heavy atom.